The van der Waals surface area contributed by atoms with Gasteiger partial charge in [-0.25, -0.2) is 4.98 Å². The minimum atomic E-state index is 0.555. The summed E-state index contributed by atoms with van der Waals surface area (Å²) in [7, 11) is 0. The zero-order chi connectivity index (χ0) is 10.8. The third kappa shape index (κ3) is 2.09. The van der Waals surface area contributed by atoms with Gasteiger partial charge < -0.3 is 10.2 Å². The Bertz CT molecular complexity index is 354. The van der Waals surface area contributed by atoms with Crippen molar-refractivity contribution < 1.29 is 0 Å². The summed E-state index contributed by atoms with van der Waals surface area (Å²) in [5.41, 5.74) is 1.14. The van der Waals surface area contributed by atoms with E-state index in [0.29, 0.717) is 6.04 Å². The fourth-order valence-electron chi connectivity index (χ4n) is 1.86. The van der Waals surface area contributed by atoms with E-state index in [9.17, 15) is 0 Å². The van der Waals surface area contributed by atoms with Gasteiger partial charge in [0.1, 0.15) is 0 Å². The number of halogens is 1. The number of hydrogen-bond donors (Lipinski definition) is 1. The molecule has 3 nitrogen and oxygen atoms in total. The molecule has 1 aromatic rings. The van der Waals surface area contributed by atoms with E-state index >= 15 is 0 Å². The van der Waals surface area contributed by atoms with Crippen molar-refractivity contribution in [2.75, 3.05) is 23.3 Å². The van der Waals surface area contributed by atoms with Gasteiger partial charge in [-0.05, 0) is 35.3 Å². The molecule has 0 aromatic carbocycles. The summed E-state index contributed by atoms with van der Waals surface area (Å²) in [4.78, 5) is 6.86. The van der Waals surface area contributed by atoms with Crippen LogP contribution in [0.4, 0.5) is 11.5 Å². The molecule has 1 unspecified atom stereocenters. The van der Waals surface area contributed by atoms with Gasteiger partial charge in [-0.3, -0.25) is 0 Å². The van der Waals surface area contributed by atoms with Crippen molar-refractivity contribution in [1.82, 2.24) is 4.98 Å². The van der Waals surface area contributed by atoms with E-state index in [1.807, 2.05) is 6.20 Å². The molecule has 0 spiro atoms. The molecule has 82 valence electrons. The Balaban J connectivity index is 2.34. The van der Waals surface area contributed by atoms with Crippen molar-refractivity contribution in [3.8, 4) is 0 Å². The lowest BCUT2D eigenvalue weighted by Gasteiger charge is -2.35. The fraction of sp³-hybridized carbons (Fsp3) is 0.545. The molecular weight excluding hydrogens is 254 g/mol. The van der Waals surface area contributed by atoms with Crippen LogP contribution < -0.4 is 10.2 Å². The highest BCUT2D eigenvalue weighted by Gasteiger charge is 2.21. The van der Waals surface area contributed by atoms with Crippen molar-refractivity contribution >= 4 is 27.4 Å². The number of pyridine rings is 1. The van der Waals surface area contributed by atoms with Gasteiger partial charge in [-0.1, -0.05) is 6.92 Å². The number of anilines is 2. The van der Waals surface area contributed by atoms with Crippen LogP contribution in [0.5, 0.6) is 0 Å². The SMILES string of the molecule is CCC(C)N1CCNc2cc(Br)cnc21. The zero-order valence-electron chi connectivity index (χ0n) is 9.13. The summed E-state index contributed by atoms with van der Waals surface area (Å²) >= 11 is 3.44. The van der Waals surface area contributed by atoms with Crippen molar-refractivity contribution in [2.45, 2.75) is 26.3 Å². The summed E-state index contributed by atoms with van der Waals surface area (Å²) in [6, 6.07) is 2.65. The van der Waals surface area contributed by atoms with E-state index in [1.165, 1.54) is 0 Å². The Morgan fingerprint density at radius 2 is 2.47 bits per heavy atom. The van der Waals surface area contributed by atoms with E-state index in [2.05, 4.69) is 51.0 Å². The first-order valence-electron chi connectivity index (χ1n) is 5.38. The Labute approximate surface area is 99.0 Å². The second-order valence-corrected chi connectivity index (χ2v) is 4.82. The maximum Gasteiger partial charge on any atom is 0.152 e. The van der Waals surface area contributed by atoms with Gasteiger partial charge in [-0.15, -0.1) is 0 Å². The molecule has 0 saturated carbocycles. The molecule has 0 fully saturated rings. The summed E-state index contributed by atoms with van der Waals surface area (Å²) in [5, 5.41) is 3.38. The Kier molecular flexibility index (Phi) is 3.14. The number of aromatic nitrogens is 1. The molecule has 0 bridgehead atoms. The molecule has 0 radical (unpaired) electrons. The van der Waals surface area contributed by atoms with Gasteiger partial charge in [0.25, 0.3) is 0 Å². The first-order chi connectivity index (χ1) is 7.22. The van der Waals surface area contributed by atoms with Crippen molar-refractivity contribution in [2.24, 2.45) is 0 Å². The van der Waals surface area contributed by atoms with Crippen molar-refractivity contribution in [1.29, 1.82) is 0 Å². The van der Waals surface area contributed by atoms with E-state index in [-0.39, 0.29) is 0 Å². The van der Waals surface area contributed by atoms with Crippen LogP contribution in [0, 0.1) is 0 Å². The normalized spacial score (nSPS) is 16.9. The minimum Gasteiger partial charge on any atom is -0.380 e. The maximum atomic E-state index is 4.49. The van der Waals surface area contributed by atoms with Crippen LogP contribution in [0.25, 0.3) is 0 Å². The van der Waals surface area contributed by atoms with Crippen LogP contribution in [-0.4, -0.2) is 24.1 Å². The lowest BCUT2D eigenvalue weighted by molar-refractivity contribution is 0.608. The molecule has 1 aliphatic rings. The predicted molar refractivity (Wildman–Crippen MR) is 67.5 cm³/mol. The standard InChI is InChI=1S/C11H16BrN3/c1-3-8(2)15-5-4-13-10-6-9(12)7-14-11(10)15/h6-8,13H,3-5H2,1-2H3. The average molecular weight is 270 g/mol. The number of fused-ring (bicyclic) bond motifs is 1. The fourth-order valence-corrected chi connectivity index (χ4v) is 2.19. The second kappa shape index (κ2) is 4.39. The summed E-state index contributed by atoms with van der Waals surface area (Å²) in [6.45, 7) is 6.50. The third-order valence-electron chi connectivity index (χ3n) is 2.90. The molecule has 0 saturated heterocycles. The van der Waals surface area contributed by atoms with Crippen LogP contribution in [0.1, 0.15) is 20.3 Å². The molecule has 2 rings (SSSR count). The van der Waals surface area contributed by atoms with Crippen molar-refractivity contribution in [3.63, 3.8) is 0 Å². The second-order valence-electron chi connectivity index (χ2n) is 3.90. The van der Waals surface area contributed by atoms with Gasteiger partial charge in [0.15, 0.2) is 5.82 Å². The molecule has 15 heavy (non-hydrogen) atoms. The number of hydrogen-bond acceptors (Lipinski definition) is 3. The first kappa shape index (κ1) is 10.7. The van der Waals surface area contributed by atoms with Crippen LogP contribution in [-0.2, 0) is 0 Å². The number of nitrogens with zero attached hydrogens (tertiary/aromatic N) is 2. The van der Waals surface area contributed by atoms with Crippen LogP contribution in [0.15, 0.2) is 16.7 Å². The maximum absolute atomic E-state index is 4.49. The molecule has 1 aromatic heterocycles. The van der Waals surface area contributed by atoms with Gasteiger partial charge in [0.2, 0.25) is 0 Å². The Hall–Kier alpha value is -0.770. The van der Waals surface area contributed by atoms with Crippen LogP contribution >= 0.6 is 15.9 Å². The van der Waals surface area contributed by atoms with Crippen LogP contribution in [0.3, 0.4) is 0 Å². The molecule has 4 heteroatoms. The Morgan fingerprint density at radius 1 is 1.67 bits per heavy atom. The topological polar surface area (TPSA) is 28.2 Å². The highest BCUT2D eigenvalue weighted by molar-refractivity contribution is 9.10. The van der Waals surface area contributed by atoms with Gasteiger partial charge in [0.05, 0.1) is 5.69 Å². The summed E-state index contributed by atoms with van der Waals surface area (Å²) in [6.07, 6.45) is 3.01. The average Bonchev–Trinajstić information content (AvgIpc) is 2.26. The highest BCUT2D eigenvalue weighted by Crippen LogP contribution is 2.30. The molecule has 1 aliphatic heterocycles. The molecule has 1 atom stereocenters. The summed E-state index contributed by atoms with van der Waals surface area (Å²) in [5.74, 6) is 1.08. The van der Waals surface area contributed by atoms with E-state index in [0.717, 1.165) is 35.5 Å². The first-order valence-corrected chi connectivity index (χ1v) is 6.17. The Morgan fingerprint density at radius 3 is 3.20 bits per heavy atom. The lowest BCUT2D eigenvalue weighted by atomic mass is 10.2. The monoisotopic (exact) mass is 269 g/mol. The number of nitrogens with one attached hydrogen (secondary N) is 1. The van der Waals surface area contributed by atoms with E-state index in [4.69, 9.17) is 0 Å². The molecule has 2 heterocycles. The number of rotatable bonds is 2. The van der Waals surface area contributed by atoms with E-state index < -0.39 is 0 Å². The smallest absolute Gasteiger partial charge is 0.152 e. The highest BCUT2D eigenvalue weighted by atomic mass is 79.9. The lowest BCUT2D eigenvalue weighted by Crippen LogP contribution is -2.40. The minimum absolute atomic E-state index is 0.555. The van der Waals surface area contributed by atoms with Gasteiger partial charge >= 0.3 is 0 Å². The van der Waals surface area contributed by atoms with Crippen LogP contribution in [0.2, 0.25) is 0 Å². The van der Waals surface area contributed by atoms with Gasteiger partial charge in [0, 0.05) is 29.8 Å². The molecule has 0 amide bonds. The van der Waals surface area contributed by atoms with Crippen molar-refractivity contribution in [3.05, 3.63) is 16.7 Å². The molecular formula is C11H16BrN3. The molecule has 0 aliphatic carbocycles. The van der Waals surface area contributed by atoms with Gasteiger partial charge in [-0.2, -0.15) is 0 Å². The summed E-state index contributed by atoms with van der Waals surface area (Å²) < 4.78 is 1.03. The quantitative estimate of drug-likeness (QED) is 0.895. The zero-order valence-corrected chi connectivity index (χ0v) is 10.7. The predicted octanol–water partition coefficient (Wildman–Crippen LogP) is 2.87. The third-order valence-corrected chi connectivity index (χ3v) is 3.33. The largest absolute Gasteiger partial charge is 0.380 e. The molecule has 1 N–H and O–H groups in total. The van der Waals surface area contributed by atoms with E-state index in [1.54, 1.807) is 0 Å².